The Morgan fingerprint density at radius 3 is 2.21 bits per heavy atom. The van der Waals surface area contributed by atoms with Crippen LogP contribution in [0, 0.1) is 10.1 Å². The van der Waals surface area contributed by atoms with Gasteiger partial charge in [0.15, 0.2) is 5.38 Å². The number of non-ortho nitro benzene ring substituents is 1. The highest BCUT2D eigenvalue weighted by Crippen LogP contribution is 2.37. The predicted octanol–water partition coefficient (Wildman–Crippen LogP) is 1.61. The number of nitro benzene ring substituents is 1. The molecule has 0 saturated carbocycles. The van der Waals surface area contributed by atoms with Gasteiger partial charge in [-0.15, -0.1) is 11.6 Å². The van der Waals surface area contributed by atoms with Gasteiger partial charge in [-0.2, -0.15) is 13.2 Å². The van der Waals surface area contributed by atoms with Gasteiger partial charge in [-0.1, -0.05) is 0 Å². The summed E-state index contributed by atoms with van der Waals surface area (Å²) in [6, 6.07) is 4.03. The molecule has 0 fully saturated rings. The van der Waals surface area contributed by atoms with Crippen LogP contribution in [0.5, 0.6) is 0 Å². The standard InChI is InChI=1S/C12H10ClF3N2O6/c1-24-10(20)11(21,12(14,15)16)8(13)9(19)17-6-2-4-7(5-3-6)18(22)23/h2-5,8,21H,1H3,(H,17,19)/t8-,11+/m0/s1. The topological polar surface area (TPSA) is 119 Å². The lowest BCUT2D eigenvalue weighted by Crippen LogP contribution is -2.62. The molecule has 0 saturated heterocycles. The van der Waals surface area contributed by atoms with E-state index >= 15 is 0 Å². The number of ether oxygens (including phenoxy) is 1. The average Bonchev–Trinajstić information content (AvgIpc) is 2.51. The molecule has 0 radical (unpaired) electrons. The Hall–Kier alpha value is -2.40. The first-order chi connectivity index (χ1) is 10.9. The number of benzene rings is 1. The first kappa shape index (κ1) is 19.6. The summed E-state index contributed by atoms with van der Waals surface area (Å²) in [5.41, 5.74) is -4.73. The van der Waals surface area contributed by atoms with Gasteiger partial charge in [0.25, 0.3) is 11.3 Å². The third-order valence-corrected chi connectivity index (χ3v) is 3.39. The van der Waals surface area contributed by atoms with Crippen molar-refractivity contribution in [3.8, 4) is 0 Å². The second-order valence-corrected chi connectivity index (χ2v) is 4.85. The Balaban J connectivity index is 3.03. The molecular formula is C12H10ClF3N2O6. The molecule has 2 atom stereocenters. The Kier molecular flexibility index (Phi) is 5.74. The fraction of sp³-hybridized carbons (Fsp3) is 0.333. The minimum absolute atomic E-state index is 0.134. The summed E-state index contributed by atoms with van der Waals surface area (Å²) in [6.45, 7) is 0. The number of nitro groups is 1. The second kappa shape index (κ2) is 7.01. The van der Waals surface area contributed by atoms with Gasteiger partial charge in [0.1, 0.15) is 0 Å². The zero-order valence-electron chi connectivity index (χ0n) is 11.8. The lowest BCUT2D eigenvalue weighted by atomic mass is 9.98. The first-order valence-corrected chi connectivity index (χ1v) is 6.45. The number of rotatable bonds is 5. The number of aliphatic hydroxyl groups is 1. The van der Waals surface area contributed by atoms with Crippen LogP contribution >= 0.6 is 11.6 Å². The van der Waals surface area contributed by atoms with Gasteiger partial charge >= 0.3 is 12.1 Å². The van der Waals surface area contributed by atoms with E-state index in [9.17, 15) is 38.0 Å². The van der Waals surface area contributed by atoms with Crippen molar-refractivity contribution in [2.45, 2.75) is 17.2 Å². The third-order valence-electron chi connectivity index (χ3n) is 2.87. The fourth-order valence-corrected chi connectivity index (χ4v) is 1.85. The summed E-state index contributed by atoms with van der Waals surface area (Å²) < 4.78 is 42.7. The molecule has 0 heterocycles. The van der Waals surface area contributed by atoms with Crippen LogP contribution in [0.4, 0.5) is 24.5 Å². The zero-order chi connectivity index (χ0) is 18.7. The molecule has 0 aromatic heterocycles. The Morgan fingerprint density at radius 1 is 1.33 bits per heavy atom. The molecule has 1 aromatic rings. The van der Waals surface area contributed by atoms with Gasteiger partial charge in [0.05, 0.1) is 12.0 Å². The van der Waals surface area contributed by atoms with Crippen molar-refractivity contribution in [3.63, 3.8) is 0 Å². The molecule has 2 N–H and O–H groups in total. The van der Waals surface area contributed by atoms with Crippen LogP contribution in [0.3, 0.4) is 0 Å². The van der Waals surface area contributed by atoms with Gasteiger partial charge in [-0.25, -0.2) is 4.79 Å². The summed E-state index contributed by atoms with van der Waals surface area (Å²) in [5, 5.41) is 19.2. The molecule has 1 amide bonds. The molecule has 0 aliphatic carbocycles. The number of carbonyl (C=O) groups is 2. The number of amides is 1. The van der Waals surface area contributed by atoms with E-state index in [4.69, 9.17) is 11.6 Å². The van der Waals surface area contributed by atoms with Crippen LogP contribution in [-0.2, 0) is 14.3 Å². The number of esters is 1. The van der Waals surface area contributed by atoms with Gasteiger partial charge in [-0.05, 0) is 12.1 Å². The molecule has 1 rings (SSSR count). The minimum atomic E-state index is -5.58. The van der Waals surface area contributed by atoms with Gasteiger partial charge in [0.2, 0.25) is 5.91 Å². The van der Waals surface area contributed by atoms with Crippen molar-refractivity contribution >= 4 is 34.9 Å². The van der Waals surface area contributed by atoms with Crippen LogP contribution in [0.15, 0.2) is 24.3 Å². The van der Waals surface area contributed by atoms with Gasteiger partial charge < -0.3 is 15.2 Å². The summed E-state index contributed by atoms with van der Waals surface area (Å²) >= 11 is 5.34. The van der Waals surface area contributed by atoms with Crippen molar-refractivity contribution in [2.24, 2.45) is 0 Å². The van der Waals surface area contributed by atoms with Crippen molar-refractivity contribution in [3.05, 3.63) is 34.4 Å². The maximum absolute atomic E-state index is 12.9. The van der Waals surface area contributed by atoms with Crippen LogP contribution in [0.1, 0.15) is 0 Å². The summed E-state index contributed by atoms with van der Waals surface area (Å²) in [4.78, 5) is 32.8. The van der Waals surface area contributed by atoms with E-state index in [1.165, 1.54) is 0 Å². The van der Waals surface area contributed by atoms with E-state index in [0.29, 0.717) is 7.11 Å². The molecule has 0 bridgehead atoms. The highest BCUT2D eigenvalue weighted by atomic mass is 35.5. The number of hydrogen-bond donors (Lipinski definition) is 2. The predicted molar refractivity (Wildman–Crippen MR) is 74.4 cm³/mol. The van der Waals surface area contributed by atoms with Crippen LogP contribution in [0.2, 0.25) is 0 Å². The number of methoxy groups -OCH3 is 1. The first-order valence-electron chi connectivity index (χ1n) is 6.02. The quantitative estimate of drug-likeness (QED) is 0.352. The Bertz CT molecular complexity index is 651. The highest BCUT2D eigenvalue weighted by Gasteiger charge is 2.67. The summed E-state index contributed by atoms with van der Waals surface area (Å²) in [6.07, 6.45) is -5.58. The number of halogens is 4. The number of carbonyl (C=O) groups excluding carboxylic acids is 2. The van der Waals surface area contributed by atoms with Crippen molar-refractivity contribution < 1.29 is 37.5 Å². The average molecular weight is 371 g/mol. The molecule has 8 nitrogen and oxygen atoms in total. The van der Waals surface area contributed by atoms with Crippen LogP contribution in [0.25, 0.3) is 0 Å². The number of alkyl halides is 4. The Morgan fingerprint density at radius 2 is 1.83 bits per heavy atom. The lowest BCUT2D eigenvalue weighted by molar-refractivity contribution is -0.384. The normalized spacial score (nSPS) is 15.1. The minimum Gasteiger partial charge on any atom is -0.467 e. The smallest absolute Gasteiger partial charge is 0.430 e. The fourth-order valence-electron chi connectivity index (χ4n) is 1.58. The van der Waals surface area contributed by atoms with Crippen molar-refractivity contribution in [1.82, 2.24) is 0 Å². The molecule has 1 aromatic carbocycles. The second-order valence-electron chi connectivity index (χ2n) is 4.41. The third kappa shape index (κ3) is 3.74. The molecule has 0 unspecified atom stereocenters. The summed E-state index contributed by atoms with van der Waals surface area (Å²) in [5.74, 6) is -3.72. The van der Waals surface area contributed by atoms with E-state index < -0.39 is 34.0 Å². The number of hydrogen-bond acceptors (Lipinski definition) is 6. The monoisotopic (exact) mass is 370 g/mol. The molecule has 0 aliphatic heterocycles. The van der Waals surface area contributed by atoms with Crippen molar-refractivity contribution in [1.29, 1.82) is 0 Å². The molecule has 0 aliphatic rings. The molecular weight excluding hydrogens is 361 g/mol. The van der Waals surface area contributed by atoms with E-state index in [0.717, 1.165) is 24.3 Å². The van der Waals surface area contributed by atoms with Gasteiger partial charge in [0, 0.05) is 17.8 Å². The number of nitrogens with one attached hydrogen (secondary N) is 1. The highest BCUT2D eigenvalue weighted by molar-refractivity contribution is 6.35. The Labute approximate surface area is 137 Å². The van der Waals surface area contributed by atoms with Gasteiger partial charge in [-0.3, -0.25) is 14.9 Å². The SMILES string of the molecule is COC(=O)[C@](O)([C@@H](Cl)C(=O)Nc1ccc([N+](=O)[O-])cc1)C(F)(F)F. The maximum atomic E-state index is 12.9. The molecule has 132 valence electrons. The van der Waals surface area contributed by atoms with E-state index in [2.05, 4.69) is 4.74 Å². The van der Waals surface area contributed by atoms with Crippen molar-refractivity contribution in [2.75, 3.05) is 12.4 Å². The van der Waals surface area contributed by atoms with Crippen LogP contribution in [-0.4, -0.2) is 46.2 Å². The molecule has 24 heavy (non-hydrogen) atoms. The number of anilines is 1. The maximum Gasteiger partial charge on any atom is 0.430 e. The van der Waals surface area contributed by atoms with E-state index in [1.807, 2.05) is 5.32 Å². The zero-order valence-corrected chi connectivity index (χ0v) is 12.6. The van der Waals surface area contributed by atoms with Crippen LogP contribution < -0.4 is 5.32 Å². The lowest BCUT2D eigenvalue weighted by Gasteiger charge is -2.30. The molecule has 12 heteroatoms. The van der Waals surface area contributed by atoms with E-state index in [1.54, 1.807) is 0 Å². The largest absolute Gasteiger partial charge is 0.467 e. The summed E-state index contributed by atoms with van der Waals surface area (Å²) in [7, 11) is 0.580. The number of nitrogens with zero attached hydrogens (tertiary/aromatic N) is 1. The van der Waals surface area contributed by atoms with E-state index in [-0.39, 0.29) is 11.4 Å². The molecule has 0 spiro atoms.